The summed E-state index contributed by atoms with van der Waals surface area (Å²) in [5, 5.41) is 7.35. The lowest BCUT2D eigenvalue weighted by Crippen LogP contribution is -2.31. The number of aliphatic imine (C=N–C) groups is 1. The highest BCUT2D eigenvalue weighted by Gasteiger charge is 2.36. The third-order valence-electron chi connectivity index (χ3n) is 3.62. The number of benzene rings is 1. The van der Waals surface area contributed by atoms with Crippen LogP contribution in [-0.4, -0.2) is 18.5 Å². The summed E-state index contributed by atoms with van der Waals surface area (Å²) in [5.41, 5.74) is 3.77. The Balaban J connectivity index is 2.06. The SMILES string of the molecule is N=CC1=NCCC2(C=Cc3ccccc32)C1. The van der Waals surface area contributed by atoms with Crippen molar-refractivity contribution in [3.8, 4) is 0 Å². The number of fused-ring (bicyclic) bond motifs is 2. The van der Waals surface area contributed by atoms with Crippen molar-refractivity contribution in [2.75, 3.05) is 6.54 Å². The van der Waals surface area contributed by atoms with Crippen molar-refractivity contribution in [1.29, 1.82) is 5.41 Å². The second-order valence-electron chi connectivity index (χ2n) is 4.52. The summed E-state index contributed by atoms with van der Waals surface area (Å²) in [4.78, 5) is 4.38. The van der Waals surface area contributed by atoms with Crippen molar-refractivity contribution in [1.82, 2.24) is 0 Å². The highest BCUT2D eigenvalue weighted by atomic mass is 14.8. The Morgan fingerprint density at radius 1 is 1.31 bits per heavy atom. The van der Waals surface area contributed by atoms with E-state index in [4.69, 9.17) is 5.41 Å². The van der Waals surface area contributed by atoms with E-state index < -0.39 is 0 Å². The van der Waals surface area contributed by atoms with Crippen LogP contribution in [0.3, 0.4) is 0 Å². The van der Waals surface area contributed by atoms with Crippen molar-refractivity contribution in [3.05, 3.63) is 41.5 Å². The molecule has 1 N–H and O–H groups in total. The standard InChI is InChI=1S/C14H14N2/c15-10-12-9-14(7-8-16-12)6-5-11-3-1-2-4-13(11)14/h1-6,10,15H,7-9H2. The summed E-state index contributed by atoms with van der Waals surface area (Å²) >= 11 is 0. The van der Waals surface area contributed by atoms with Gasteiger partial charge in [0.1, 0.15) is 0 Å². The molecule has 1 atom stereocenters. The zero-order chi connectivity index (χ0) is 11.0. The monoisotopic (exact) mass is 210 g/mol. The summed E-state index contributed by atoms with van der Waals surface area (Å²) in [6, 6.07) is 8.55. The molecule has 1 unspecified atom stereocenters. The van der Waals surface area contributed by atoms with Crippen LogP contribution in [0.4, 0.5) is 0 Å². The predicted molar refractivity (Wildman–Crippen MR) is 67.5 cm³/mol. The quantitative estimate of drug-likeness (QED) is 0.692. The van der Waals surface area contributed by atoms with Gasteiger partial charge in [0.15, 0.2) is 0 Å². The number of allylic oxidation sites excluding steroid dienone is 1. The maximum atomic E-state index is 7.35. The summed E-state index contributed by atoms with van der Waals surface area (Å²) < 4.78 is 0. The van der Waals surface area contributed by atoms with Crippen LogP contribution in [0, 0.1) is 5.41 Å². The molecule has 2 nitrogen and oxygen atoms in total. The molecule has 0 saturated heterocycles. The molecule has 0 amide bonds. The molecule has 0 saturated carbocycles. The van der Waals surface area contributed by atoms with Crippen molar-refractivity contribution in [2.45, 2.75) is 18.3 Å². The fourth-order valence-corrected chi connectivity index (χ4v) is 2.77. The molecule has 80 valence electrons. The lowest BCUT2D eigenvalue weighted by atomic mass is 9.74. The van der Waals surface area contributed by atoms with Gasteiger partial charge in [0.2, 0.25) is 0 Å². The molecular weight excluding hydrogens is 196 g/mol. The van der Waals surface area contributed by atoms with E-state index >= 15 is 0 Å². The van der Waals surface area contributed by atoms with Gasteiger partial charge in [-0.05, 0) is 17.5 Å². The number of nitrogens with one attached hydrogen (secondary N) is 1. The number of hydrogen-bond acceptors (Lipinski definition) is 2. The van der Waals surface area contributed by atoms with Crippen LogP contribution in [0.1, 0.15) is 24.0 Å². The maximum Gasteiger partial charge on any atom is 0.0535 e. The van der Waals surface area contributed by atoms with Crippen LogP contribution >= 0.6 is 0 Å². The summed E-state index contributed by atoms with van der Waals surface area (Å²) in [7, 11) is 0. The Labute approximate surface area is 95.2 Å². The van der Waals surface area contributed by atoms with Crippen LogP contribution in [0.25, 0.3) is 6.08 Å². The van der Waals surface area contributed by atoms with E-state index in [1.54, 1.807) is 0 Å². The molecule has 0 radical (unpaired) electrons. The molecule has 1 aromatic carbocycles. The molecule has 0 bridgehead atoms. The van der Waals surface area contributed by atoms with E-state index in [2.05, 4.69) is 41.4 Å². The zero-order valence-electron chi connectivity index (χ0n) is 9.11. The van der Waals surface area contributed by atoms with Gasteiger partial charge >= 0.3 is 0 Å². The van der Waals surface area contributed by atoms with E-state index in [0.29, 0.717) is 0 Å². The fourth-order valence-electron chi connectivity index (χ4n) is 2.77. The third-order valence-corrected chi connectivity index (χ3v) is 3.62. The molecule has 2 aliphatic rings. The van der Waals surface area contributed by atoms with Crippen LogP contribution in [0.5, 0.6) is 0 Å². The van der Waals surface area contributed by atoms with Crippen molar-refractivity contribution < 1.29 is 0 Å². The fraction of sp³-hybridized carbons (Fsp3) is 0.286. The molecule has 16 heavy (non-hydrogen) atoms. The molecule has 2 heteroatoms. The highest BCUT2D eigenvalue weighted by molar-refractivity contribution is 6.30. The van der Waals surface area contributed by atoms with Crippen LogP contribution in [0.2, 0.25) is 0 Å². The van der Waals surface area contributed by atoms with E-state index in [1.807, 2.05) is 0 Å². The molecule has 1 heterocycles. The topological polar surface area (TPSA) is 36.2 Å². The molecule has 1 aromatic rings. The molecule has 0 aromatic heterocycles. The Morgan fingerprint density at radius 2 is 2.19 bits per heavy atom. The zero-order valence-corrected chi connectivity index (χ0v) is 9.11. The Morgan fingerprint density at radius 3 is 3.06 bits per heavy atom. The van der Waals surface area contributed by atoms with Gasteiger partial charge < -0.3 is 5.41 Å². The first-order chi connectivity index (χ1) is 7.84. The van der Waals surface area contributed by atoms with Gasteiger partial charge in [-0.3, -0.25) is 4.99 Å². The lowest BCUT2D eigenvalue weighted by molar-refractivity contribution is 0.508. The molecule has 0 fully saturated rings. The Bertz CT molecular complexity index is 499. The minimum absolute atomic E-state index is 0.116. The molecule has 3 rings (SSSR count). The van der Waals surface area contributed by atoms with Crippen molar-refractivity contribution in [2.24, 2.45) is 4.99 Å². The Kier molecular flexibility index (Phi) is 2.03. The largest absolute Gasteiger partial charge is 0.307 e. The maximum absolute atomic E-state index is 7.35. The summed E-state index contributed by atoms with van der Waals surface area (Å²) in [6.45, 7) is 0.837. The van der Waals surface area contributed by atoms with Crippen LogP contribution in [0.15, 0.2) is 35.3 Å². The van der Waals surface area contributed by atoms with Crippen LogP contribution in [-0.2, 0) is 5.41 Å². The van der Waals surface area contributed by atoms with Crippen molar-refractivity contribution in [3.63, 3.8) is 0 Å². The number of hydrogen-bond donors (Lipinski definition) is 1. The summed E-state index contributed by atoms with van der Waals surface area (Å²) in [5.74, 6) is 0. The molecule has 1 aliphatic heterocycles. The first kappa shape index (κ1) is 9.52. The predicted octanol–water partition coefficient (Wildman–Crippen LogP) is 2.84. The van der Waals surface area contributed by atoms with E-state index in [0.717, 1.165) is 25.1 Å². The average Bonchev–Trinajstić information content (AvgIpc) is 2.69. The average molecular weight is 210 g/mol. The van der Waals surface area contributed by atoms with E-state index in [1.165, 1.54) is 17.3 Å². The second kappa shape index (κ2) is 3.41. The first-order valence-electron chi connectivity index (χ1n) is 5.67. The van der Waals surface area contributed by atoms with Gasteiger partial charge in [0.25, 0.3) is 0 Å². The number of rotatable bonds is 1. The molecule has 1 aliphatic carbocycles. The minimum atomic E-state index is 0.116. The first-order valence-corrected chi connectivity index (χ1v) is 5.67. The van der Waals surface area contributed by atoms with Gasteiger partial charge in [-0.25, -0.2) is 0 Å². The van der Waals surface area contributed by atoms with Gasteiger partial charge in [-0.15, -0.1) is 0 Å². The van der Waals surface area contributed by atoms with Gasteiger partial charge in [0.05, 0.1) is 5.71 Å². The highest BCUT2D eigenvalue weighted by Crippen LogP contribution is 2.42. The normalized spacial score (nSPS) is 26.6. The smallest absolute Gasteiger partial charge is 0.0535 e. The third kappa shape index (κ3) is 1.26. The number of nitrogens with zero attached hydrogens (tertiary/aromatic N) is 1. The molecular formula is C14H14N2. The van der Waals surface area contributed by atoms with Gasteiger partial charge in [0, 0.05) is 24.6 Å². The lowest BCUT2D eigenvalue weighted by Gasteiger charge is -2.31. The van der Waals surface area contributed by atoms with Gasteiger partial charge in [-0.2, -0.15) is 0 Å². The van der Waals surface area contributed by atoms with Gasteiger partial charge in [-0.1, -0.05) is 36.4 Å². The van der Waals surface area contributed by atoms with Crippen LogP contribution < -0.4 is 0 Å². The molecule has 1 spiro atoms. The van der Waals surface area contributed by atoms with Crippen molar-refractivity contribution >= 4 is 18.0 Å². The van der Waals surface area contributed by atoms with E-state index in [9.17, 15) is 0 Å². The summed E-state index contributed by atoms with van der Waals surface area (Å²) in [6.07, 6.45) is 7.86. The second-order valence-corrected chi connectivity index (χ2v) is 4.52. The van der Waals surface area contributed by atoms with E-state index in [-0.39, 0.29) is 5.41 Å². The minimum Gasteiger partial charge on any atom is -0.307 e. The Hall–Kier alpha value is -1.70.